The molecule has 0 atom stereocenters. The topological polar surface area (TPSA) is 132 Å². The fourth-order valence-corrected chi connectivity index (χ4v) is 1.22. The molecule has 21 heavy (non-hydrogen) atoms. The van der Waals surface area contributed by atoms with Crippen molar-refractivity contribution in [1.29, 1.82) is 0 Å². The molecule has 0 aromatic heterocycles. The van der Waals surface area contributed by atoms with E-state index in [2.05, 4.69) is 0 Å². The Morgan fingerprint density at radius 2 is 0.952 bits per heavy atom. The molecule has 0 saturated heterocycles. The predicted octanol–water partition coefficient (Wildman–Crippen LogP) is 1.33. The van der Waals surface area contributed by atoms with Gasteiger partial charge in [-0.15, -0.1) is 0 Å². The first kappa shape index (κ1) is 18.3. The summed E-state index contributed by atoms with van der Waals surface area (Å²) in [7, 11) is 0. The van der Waals surface area contributed by atoms with Crippen LogP contribution in [0.5, 0.6) is 11.5 Å². The van der Waals surface area contributed by atoms with Crippen LogP contribution in [0, 0.1) is 20.2 Å². The molecule has 0 radical (unpaired) electrons. The Labute approximate surface area is 128 Å². The molecule has 0 saturated carbocycles. The summed E-state index contributed by atoms with van der Waals surface area (Å²) < 4.78 is 0. The fraction of sp³-hybridized carbons (Fsp3) is 0. The molecule has 0 bridgehead atoms. The normalized spacial score (nSPS) is 8.76. The van der Waals surface area contributed by atoms with Crippen molar-refractivity contribution in [2.24, 2.45) is 0 Å². The average Bonchev–Trinajstić information content (AvgIpc) is 2.40. The van der Waals surface area contributed by atoms with Gasteiger partial charge in [-0.2, -0.15) is 0 Å². The summed E-state index contributed by atoms with van der Waals surface area (Å²) >= 11 is 0. The van der Waals surface area contributed by atoms with Gasteiger partial charge in [-0.1, -0.05) is 36.4 Å². The molecule has 0 amide bonds. The summed E-state index contributed by atoms with van der Waals surface area (Å²) in [6.07, 6.45) is 0. The summed E-state index contributed by atoms with van der Waals surface area (Å²) in [5.74, 6) is -1.10. The van der Waals surface area contributed by atoms with Crippen molar-refractivity contribution >= 4 is 11.4 Å². The predicted molar refractivity (Wildman–Crippen MR) is 65.1 cm³/mol. The van der Waals surface area contributed by atoms with E-state index in [1.54, 1.807) is 0 Å². The van der Waals surface area contributed by atoms with E-state index in [0.29, 0.717) is 0 Å². The monoisotopic (exact) mass is 334 g/mol. The van der Waals surface area contributed by atoms with Crippen LogP contribution in [0.2, 0.25) is 0 Å². The van der Waals surface area contributed by atoms with E-state index in [0.717, 1.165) is 12.1 Å². The number of rotatable bonds is 2. The second-order valence-electron chi connectivity index (χ2n) is 3.45. The van der Waals surface area contributed by atoms with Gasteiger partial charge in [0.15, 0.2) is 0 Å². The van der Waals surface area contributed by atoms with E-state index in [9.17, 15) is 30.4 Å². The molecule has 2 rings (SSSR count). The fourth-order valence-electron chi connectivity index (χ4n) is 1.22. The Bertz CT molecular complexity index is 579. The van der Waals surface area contributed by atoms with Crippen LogP contribution in [-0.2, 0) is 16.5 Å². The van der Waals surface area contributed by atoms with Crippen molar-refractivity contribution in [3.63, 3.8) is 0 Å². The van der Waals surface area contributed by atoms with Gasteiger partial charge in [-0.05, 0) is 11.5 Å². The minimum Gasteiger partial charge on any atom is -0.868 e. The molecule has 0 aliphatic heterocycles. The maximum Gasteiger partial charge on any atom is 2.00 e. The van der Waals surface area contributed by atoms with Gasteiger partial charge in [-0.3, -0.25) is 20.2 Å². The van der Waals surface area contributed by atoms with Crippen LogP contribution in [0.4, 0.5) is 11.4 Å². The molecular formula is C12H8N2NiO6. The summed E-state index contributed by atoms with van der Waals surface area (Å²) in [4.78, 5) is 18.7. The molecule has 0 spiro atoms. The summed E-state index contributed by atoms with van der Waals surface area (Å²) in [6.45, 7) is 0. The third kappa shape index (κ3) is 5.45. The second-order valence-corrected chi connectivity index (χ2v) is 3.45. The van der Waals surface area contributed by atoms with E-state index in [1.807, 2.05) is 0 Å². The van der Waals surface area contributed by atoms with Gasteiger partial charge in [0.25, 0.3) is 11.4 Å². The third-order valence-corrected chi connectivity index (χ3v) is 2.12. The molecule has 0 unspecified atom stereocenters. The van der Waals surface area contributed by atoms with Gasteiger partial charge < -0.3 is 10.2 Å². The van der Waals surface area contributed by atoms with Crippen LogP contribution in [0.25, 0.3) is 0 Å². The van der Waals surface area contributed by atoms with E-state index < -0.39 is 21.3 Å². The Morgan fingerprint density at radius 3 is 1.14 bits per heavy atom. The zero-order chi connectivity index (χ0) is 15.1. The van der Waals surface area contributed by atoms with Gasteiger partial charge in [-0.25, -0.2) is 0 Å². The molecule has 0 aliphatic rings. The summed E-state index contributed by atoms with van der Waals surface area (Å²) in [5.41, 5.74) is -0.745. The van der Waals surface area contributed by atoms with Gasteiger partial charge in [0.1, 0.15) is 0 Å². The molecule has 112 valence electrons. The number of hydrogen-bond donors (Lipinski definition) is 0. The van der Waals surface area contributed by atoms with Crippen LogP contribution in [0.1, 0.15) is 0 Å². The number of benzene rings is 2. The van der Waals surface area contributed by atoms with Gasteiger partial charge in [0.2, 0.25) is 0 Å². The first-order valence-corrected chi connectivity index (χ1v) is 5.24. The Hall–Kier alpha value is -2.67. The summed E-state index contributed by atoms with van der Waals surface area (Å²) in [6, 6.07) is 10.5. The van der Waals surface area contributed by atoms with Crippen LogP contribution >= 0.6 is 0 Å². The smallest absolute Gasteiger partial charge is 0.868 e. The number of nitro benzene ring substituents is 2. The number of nitrogens with zero attached hydrogens (tertiary/aromatic N) is 2. The average molecular weight is 335 g/mol. The van der Waals surface area contributed by atoms with E-state index in [1.165, 1.54) is 36.4 Å². The molecule has 2 aromatic carbocycles. The Morgan fingerprint density at radius 1 is 0.667 bits per heavy atom. The van der Waals surface area contributed by atoms with Crippen molar-refractivity contribution in [3.05, 3.63) is 68.8 Å². The molecule has 0 heterocycles. The number of nitro groups is 2. The number of hydrogen-bond acceptors (Lipinski definition) is 6. The minimum absolute atomic E-state index is 0. The van der Waals surface area contributed by atoms with Gasteiger partial charge in [0, 0.05) is 12.1 Å². The van der Waals surface area contributed by atoms with Crippen molar-refractivity contribution in [2.75, 3.05) is 0 Å². The molecule has 0 aliphatic carbocycles. The van der Waals surface area contributed by atoms with Crippen LogP contribution in [-0.4, -0.2) is 9.85 Å². The SMILES string of the molecule is O=[N+]([O-])c1ccccc1[O-].O=[N+]([O-])c1ccccc1[O-].[Ni+2]. The van der Waals surface area contributed by atoms with E-state index >= 15 is 0 Å². The molecule has 2 aromatic rings. The summed E-state index contributed by atoms with van der Waals surface area (Å²) in [5, 5.41) is 41.3. The van der Waals surface area contributed by atoms with Gasteiger partial charge >= 0.3 is 16.5 Å². The van der Waals surface area contributed by atoms with Crippen molar-refractivity contribution in [1.82, 2.24) is 0 Å². The van der Waals surface area contributed by atoms with Crippen molar-refractivity contribution < 1.29 is 36.6 Å². The molecular weight excluding hydrogens is 327 g/mol. The number of para-hydroxylation sites is 4. The first-order chi connectivity index (χ1) is 9.43. The standard InChI is InChI=1S/2C6H5NO3.Ni/c2*8-6-4-2-1-3-5(6)7(9)10;/h2*1-4,8H;/q;;+2/p-2. The molecule has 9 heteroatoms. The second kappa shape index (κ2) is 8.49. The van der Waals surface area contributed by atoms with Crippen LogP contribution in [0.15, 0.2) is 48.5 Å². The minimum atomic E-state index is -0.692. The van der Waals surface area contributed by atoms with Crippen LogP contribution < -0.4 is 10.2 Å². The maximum atomic E-state index is 10.6. The van der Waals surface area contributed by atoms with E-state index in [-0.39, 0.29) is 27.9 Å². The molecule has 0 fully saturated rings. The zero-order valence-electron chi connectivity index (χ0n) is 10.3. The van der Waals surface area contributed by atoms with Gasteiger partial charge in [0.05, 0.1) is 9.85 Å². The Kier molecular flexibility index (Phi) is 7.42. The van der Waals surface area contributed by atoms with E-state index in [4.69, 9.17) is 0 Å². The quantitative estimate of drug-likeness (QED) is 0.462. The first-order valence-electron chi connectivity index (χ1n) is 5.24. The Balaban J connectivity index is 0.000000364. The molecule has 8 nitrogen and oxygen atoms in total. The maximum absolute atomic E-state index is 10.6. The van der Waals surface area contributed by atoms with Crippen molar-refractivity contribution in [3.8, 4) is 11.5 Å². The van der Waals surface area contributed by atoms with Crippen molar-refractivity contribution in [2.45, 2.75) is 0 Å². The largest absolute Gasteiger partial charge is 2.00 e. The zero-order valence-corrected chi connectivity index (χ0v) is 11.3. The third-order valence-electron chi connectivity index (χ3n) is 2.12. The molecule has 0 N–H and O–H groups in total. The van der Waals surface area contributed by atoms with Crippen LogP contribution in [0.3, 0.4) is 0 Å².